The molecule has 0 atom stereocenters. The molecule has 0 radical (unpaired) electrons. The minimum atomic E-state index is -0.155. The highest BCUT2D eigenvalue weighted by Crippen LogP contribution is 2.42. The van der Waals surface area contributed by atoms with Crippen LogP contribution in [-0.4, -0.2) is 30.1 Å². The van der Waals surface area contributed by atoms with Crippen molar-refractivity contribution >= 4 is 49.0 Å². The van der Waals surface area contributed by atoms with Crippen LogP contribution in [0.5, 0.6) is 11.5 Å². The van der Waals surface area contributed by atoms with Gasteiger partial charge >= 0.3 is 0 Å². The van der Waals surface area contributed by atoms with Crippen LogP contribution in [0.2, 0.25) is 0 Å². The molecule has 1 aliphatic rings. The van der Waals surface area contributed by atoms with Gasteiger partial charge in [-0.15, -0.1) is 0 Å². The van der Waals surface area contributed by atoms with Crippen molar-refractivity contribution in [3.63, 3.8) is 0 Å². The Balaban J connectivity index is 1.86. The van der Waals surface area contributed by atoms with Gasteiger partial charge in [0.15, 0.2) is 11.5 Å². The average molecular weight is 549 g/mol. The molecule has 4 rings (SSSR count). The summed E-state index contributed by atoms with van der Waals surface area (Å²) in [5, 5.41) is 5.17. The van der Waals surface area contributed by atoms with Crippen molar-refractivity contribution in [3.8, 4) is 11.5 Å². The minimum absolute atomic E-state index is 0.155. The summed E-state index contributed by atoms with van der Waals surface area (Å²) in [6, 6.07) is 9.26. The van der Waals surface area contributed by atoms with Gasteiger partial charge in [-0.3, -0.25) is 4.79 Å². The zero-order valence-electron chi connectivity index (χ0n) is 17.4. The summed E-state index contributed by atoms with van der Waals surface area (Å²) in [6.07, 6.45) is 7.21. The highest BCUT2D eigenvalue weighted by Gasteiger charge is 2.22. The summed E-state index contributed by atoms with van der Waals surface area (Å²) < 4.78 is 13.8. The summed E-state index contributed by atoms with van der Waals surface area (Å²) in [4.78, 5) is 18.2. The Kier molecular flexibility index (Phi) is 6.77. The standard InChI is InChI=1S/C23H23Br2N3O3/c1-30-18-12-15(19(24)20(25)21(18)31-2)13-26-28-22(14-8-4-3-5-9-14)27-17-11-7-6-10-16(17)23(28)29/h6-7,10-14H,3-5,8-9H2,1-2H3. The molecule has 162 valence electrons. The van der Waals surface area contributed by atoms with Gasteiger partial charge in [0, 0.05) is 16.0 Å². The van der Waals surface area contributed by atoms with Gasteiger partial charge in [-0.2, -0.15) is 9.78 Å². The van der Waals surface area contributed by atoms with E-state index in [1.807, 2.05) is 24.3 Å². The Morgan fingerprint density at radius 3 is 2.55 bits per heavy atom. The van der Waals surface area contributed by atoms with Crippen molar-refractivity contribution in [2.75, 3.05) is 14.2 Å². The second-order valence-electron chi connectivity index (χ2n) is 7.51. The third-order valence-electron chi connectivity index (χ3n) is 5.64. The number of hydrogen-bond donors (Lipinski definition) is 0. The van der Waals surface area contributed by atoms with Crippen molar-refractivity contribution in [1.82, 2.24) is 9.66 Å². The van der Waals surface area contributed by atoms with Crippen molar-refractivity contribution in [3.05, 3.63) is 61.0 Å². The predicted molar refractivity (Wildman–Crippen MR) is 130 cm³/mol. The van der Waals surface area contributed by atoms with Crippen LogP contribution in [0.25, 0.3) is 10.9 Å². The van der Waals surface area contributed by atoms with E-state index in [1.165, 1.54) is 11.1 Å². The summed E-state index contributed by atoms with van der Waals surface area (Å²) >= 11 is 7.12. The van der Waals surface area contributed by atoms with Crippen molar-refractivity contribution in [2.24, 2.45) is 5.10 Å². The van der Waals surface area contributed by atoms with E-state index in [9.17, 15) is 4.79 Å². The lowest BCUT2D eigenvalue weighted by Gasteiger charge is -2.22. The minimum Gasteiger partial charge on any atom is -0.493 e. The van der Waals surface area contributed by atoms with E-state index in [0.29, 0.717) is 21.4 Å². The number of hydrogen-bond acceptors (Lipinski definition) is 5. The Hall–Kier alpha value is -2.19. The fraction of sp³-hybridized carbons (Fsp3) is 0.348. The first-order valence-corrected chi connectivity index (χ1v) is 11.8. The van der Waals surface area contributed by atoms with Gasteiger partial charge in [0.1, 0.15) is 5.82 Å². The monoisotopic (exact) mass is 547 g/mol. The molecule has 1 fully saturated rings. The van der Waals surface area contributed by atoms with Gasteiger partial charge in [0.2, 0.25) is 0 Å². The summed E-state index contributed by atoms with van der Waals surface area (Å²) in [7, 11) is 3.16. The number of methoxy groups -OCH3 is 2. The number of aromatic nitrogens is 2. The van der Waals surface area contributed by atoms with Gasteiger partial charge in [-0.25, -0.2) is 4.98 Å². The van der Waals surface area contributed by atoms with Crippen LogP contribution in [-0.2, 0) is 0 Å². The van der Waals surface area contributed by atoms with E-state index in [0.717, 1.165) is 47.1 Å². The largest absolute Gasteiger partial charge is 0.493 e. The van der Waals surface area contributed by atoms with Crippen LogP contribution in [0, 0.1) is 0 Å². The molecule has 6 nitrogen and oxygen atoms in total. The third-order valence-corrected chi connectivity index (χ3v) is 7.78. The average Bonchev–Trinajstić information content (AvgIpc) is 2.81. The number of nitrogens with zero attached hydrogens (tertiary/aromatic N) is 3. The molecule has 8 heteroatoms. The molecule has 0 spiro atoms. The molecule has 0 aliphatic heterocycles. The van der Waals surface area contributed by atoms with E-state index in [4.69, 9.17) is 14.5 Å². The fourth-order valence-corrected chi connectivity index (χ4v) is 5.02. The fourth-order valence-electron chi connectivity index (χ4n) is 4.04. The Morgan fingerprint density at radius 1 is 1.10 bits per heavy atom. The van der Waals surface area contributed by atoms with Crippen LogP contribution in [0.15, 0.2) is 49.2 Å². The van der Waals surface area contributed by atoms with Gasteiger partial charge < -0.3 is 9.47 Å². The first-order chi connectivity index (χ1) is 15.0. The number of fused-ring (bicyclic) bond motifs is 1. The lowest BCUT2D eigenvalue weighted by atomic mass is 9.88. The van der Waals surface area contributed by atoms with Gasteiger partial charge in [0.25, 0.3) is 5.56 Å². The Morgan fingerprint density at radius 2 is 1.84 bits per heavy atom. The predicted octanol–water partition coefficient (Wildman–Crippen LogP) is 5.87. The quantitative estimate of drug-likeness (QED) is 0.374. The van der Waals surface area contributed by atoms with Crippen LogP contribution in [0.1, 0.15) is 49.4 Å². The smallest absolute Gasteiger partial charge is 0.282 e. The Labute approximate surface area is 197 Å². The van der Waals surface area contributed by atoms with E-state index < -0.39 is 0 Å². The van der Waals surface area contributed by atoms with Gasteiger partial charge in [-0.1, -0.05) is 31.4 Å². The van der Waals surface area contributed by atoms with Crippen LogP contribution < -0.4 is 15.0 Å². The van der Waals surface area contributed by atoms with E-state index in [-0.39, 0.29) is 11.5 Å². The summed E-state index contributed by atoms with van der Waals surface area (Å²) in [5.41, 5.74) is 1.31. The van der Waals surface area contributed by atoms with Crippen molar-refractivity contribution in [2.45, 2.75) is 38.0 Å². The van der Waals surface area contributed by atoms with Crippen LogP contribution in [0.4, 0.5) is 0 Å². The molecular formula is C23H23Br2N3O3. The topological polar surface area (TPSA) is 65.7 Å². The zero-order chi connectivity index (χ0) is 22.0. The molecule has 31 heavy (non-hydrogen) atoms. The summed E-state index contributed by atoms with van der Waals surface area (Å²) in [6.45, 7) is 0. The van der Waals surface area contributed by atoms with E-state index in [2.05, 4.69) is 37.0 Å². The van der Waals surface area contributed by atoms with E-state index >= 15 is 0 Å². The lowest BCUT2D eigenvalue weighted by molar-refractivity contribution is 0.353. The SMILES string of the molecule is COc1cc(C=Nn2c(C3CCCCC3)nc3ccccc3c2=O)c(Br)c(Br)c1OC. The Bertz CT molecular complexity index is 1200. The second kappa shape index (κ2) is 9.53. The number of ether oxygens (including phenoxy) is 2. The first kappa shape index (κ1) is 22.0. The molecule has 3 aromatic rings. The number of para-hydroxylation sites is 1. The maximum absolute atomic E-state index is 13.3. The highest BCUT2D eigenvalue weighted by atomic mass is 79.9. The van der Waals surface area contributed by atoms with Gasteiger partial charge in [0.05, 0.1) is 35.8 Å². The highest BCUT2D eigenvalue weighted by molar-refractivity contribution is 9.13. The molecule has 1 aliphatic carbocycles. The van der Waals surface area contributed by atoms with Crippen molar-refractivity contribution < 1.29 is 9.47 Å². The molecule has 1 aromatic heterocycles. The molecule has 2 aromatic carbocycles. The van der Waals surface area contributed by atoms with Crippen molar-refractivity contribution in [1.29, 1.82) is 0 Å². The van der Waals surface area contributed by atoms with E-state index in [1.54, 1.807) is 26.5 Å². The number of halogens is 2. The van der Waals surface area contributed by atoms with Crippen LogP contribution >= 0.6 is 31.9 Å². The number of benzene rings is 2. The second-order valence-corrected chi connectivity index (χ2v) is 9.10. The molecule has 0 bridgehead atoms. The zero-order valence-corrected chi connectivity index (χ0v) is 20.6. The lowest BCUT2D eigenvalue weighted by Crippen LogP contribution is -2.25. The molecular weight excluding hydrogens is 526 g/mol. The van der Waals surface area contributed by atoms with Crippen LogP contribution in [0.3, 0.4) is 0 Å². The maximum atomic E-state index is 13.3. The molecule has 0 N–H and O–H groups in total. The third kappa shape index (κ3) is 4.28. The molecule has 1 heterocycles. The molecule has 0 unspecified atom stereocenters. The normalized spacial score (nSPS) is 15.0. The first-order valence-electron chi connectivity index (χ1n) is 10.2. The maximum Gasteiger partial charge on any atom is 0.282 e. The van der Waals surface area contributed by atoms with Gasteiger partial charge in [-0.05, 0) is 62.9 Å². The number of rotatable bonds is 5. The molecule has 0 saturated heterocycles. The summed E-state index contributed by atoms with van der Waals surface area (Å²) in [5.74, 6) is 2.11. The molecule has 0 amide bonds. The molecule has 1 saturated carbocycles.